The molecule has 3 heteroatoms. The Hall–Kier alpha value is -0.930. The van der Waals surface area contributed by atoms with Crippen molar-refractivity contribution < 1.29 is 9.13 Å². The molecule has 19 heavy (non-hydrogen) atoms. The van der Waals surface area contributed by atoms with Gasteiger partial charge in [0.25, 0.3) is 0 Å². The standard InChI is InChI=1S/C16H26FNO/c1-4-9-18-12-14(10-13(2)19-3)11-15-7-5-6-8-16(15)17/h5-8,13-14,18H,4,9-12H2,1-3H3. The van der Waals surface area contributed by atoms with Gasteiger partial charge in [0.05, 0.1) is 6.10 Å². The molecule has 0 heterocycles. The molecule has 0 radical (unpaired) electrons. The molecular weight excluding hydrogens is 241 g/mol. The lowest BCUT2D eigenvalue weighted by molar-refractivity contribution is 0.0945. The van der Waals surface area contributed by atoms with Crippen LogP contribution in [0.5, 0.6) is 0 Å². The number of hydrogen-bond acceptors (Lipinski definition) is 2. The van der Waals surface area contributed by atoms with Gasteiger partial charge in [0, 0.05) is 7.11 Å². The predicted molar refractivity (Wildman–Crippen MR) is 77.8 cm³/mol. The van der Waals surface area contributed by atoms with Gasteiger partial charge in [-0.25, -0.2) is 4.39 Å². The zero-order chi connectivity index (χ0) is 14.1. The van der Waals surface area contributed by atoms with Gasteiger partial charge in [0.1, 0.15) is 5.82 Å². The second-order valence-corrected chi connectivity index (χ2v) is 5.15. The SMILES string of the molecule is CCCNCC(Cc1ccccc1F)CC(C)OC. The van der Waals surface area contributed by atoms with Crippen LogP contribution < -0.4 is 5.32 Å². The molecule has 0 saturated carbocycles. The number of methoxy groups -OCH3 is 1. The van der Waals surface area contributed by atoms with E-state index in [1.54, 1.807) is 13.2 Å². The molecule has 1 aromatic rings. The molecule has 0 aliphatic carbocycles. The van der Waals surface area contributed by atoms with Gasteiger partial charge in [0.15, 0.2) is 0 Å². The van der Waals surface area contributed by atoms with Gasteiger partial charge in [-0.3, -0.25) is 0 Å². The third-order valence-electron chi connectivity index (χ3n) is 3.39. The molecule has 0 bridgehead atoms. The number of halogens is 1. The minimum absolute atomic E-state index is 0.104. The van der Waals surface area contributed by atoms with Gasteiger partial charge >= 0.3 is 0 Å². The van der Waals surface area contributed by atoms with E-state index in [4.69, 9.17) is 4.74 Å². The van der Waals surface area contributed by atoms with Crippen LogP contribution in [0.25, 0.3) is 0 Å². The average Bonchev–Trinajstić information content (AvgIpc) is 2.41. The van der Waals surface area contributed by atoms with Crippen molar-refractivity contribution >= 4 is 0 Å². The van der Waals surface area contributed by atoms with Crippen molar-refractivity contribution in [2.45, 2.75) is 39.2 Å². The first kappa shape index (κ1) is 16.1. The van der Waals surface area contributed by atoms with E-state index in [1.807, 2.05) is 12.1 Å². The lowest BCUT2D eigenvalue weighted by atomic mass is 9.93. The third-order valence-corrected chi connectivity index (χ3v) is 3.39. The Morgan fingerprint density at radius 2 is 2.05 bits per heavy atom. The van der Waals surface area contributed by atoms with Crippen LogP contribution in [-0.4, -0.2) is 26.3 Å². The molecule has 1 aromatic carbocycles. The summed E-state index contributed by atoms with van der Waals surface area (Å²) in [6.07, 6.45) is 3.03. The smallest absolute Gasteiger partial charge is 0.126 e. The Kier molecular flexibility index (Phi) is 7.68. The van der Waals surface area contributed by atoms with Crippen molar-refractivity contribution in [2.24, 2.45) is 5.92 Å². The predicted octanol–water partition coefficient (Wildman–Crippen LogP) is 3.41. The molecule has 0 aliphatic rings. The third kappa shape index (κ3) is 6.17. The van der Waals surface area contributed by atoms with Crippen LogP contribution in [0.1, 0.15) is 32.3 Å². The average molecular weight is 267 g/mol. The van der Waals surface area contributed by atoms with Gasteiger partial charge in [-0.1, -0.05) is 25.1 Å². The molecule has 0 aromatic heterocycles. The van der Waals surface area contributed by atoms with Crippen molar-refractivity contribution in [1.82, 2.24) is 5.32 Å². The number of hydrogen-bond donors (Lipinski definition) is 1. The van der Waals surface area contributed by atoms with Gasteiger partial charge < -0.3 is 10.1 Å². The Labute approximate surface area is 116 Å². The van der Waals surface area contributed by atoms with Crippen LogP contribution >= 0.6 is 0 Å². The van der Waals surface area contributed by atoms with E-state index in [-0.39, 0.29) is 11.9 Å². The molecule has 0 fully saturated rings. The molecule has 0 amide bonds. The zero-order valence-corrected chi connectivity index (χ0v) is 12.3. The monoisotopic (exact) mass is 267 g/mol. The molecule has 0 saturated heterocycles. The van der Waals surface area contributed by atoms with Crippen LogP contribution in [0.3, 0.4) is 0 Å². The van der Waals surface area contributed by atoms with E-state index < -0.39 is 0 Å². The molecule has 0 spiro atoms. The van der Waals surface area contributed by atoms with E-state index in [0.29, 0.717) is 5.92 Å². The largest absolute Gasteiger partial charge is 0.382 e. The van der Waals surface area contributed by atoms with Crippen molar-refractivity contribution in [1.29, 1.82) is 0 Å². The summed E-state index contributed by atoms with van der Waals surface area (Å²) in [4.78, 5) is 0. The Balaban J connectivity index is 2.59. The maximum atomic E-state index is 13.7. The molecule has 0 aliphatic heterocycles. The lowest BCUT2D eigenvalue weighted by Gasteiger charge is -2.21. The maximum absolute atomic E-state index is 13.7. The summed E-state index contributed by atoms with van der Waals surface area (Å²) in [5, 5.41) is 3.43. The second kappa shape index (κ2) is 9.05. The van der Waals surface area contributed by atoms with Crippen LogP contribution in [0.2, 0.25) is 0 Å². The fourth-order valence-electron chi connectivity index (χ4n) is 2.26. The zero-order valence-electron chi connectivity index (χ0n) is 12.3. The first-order valence-electron chi connectivity index (χ1n) is 7.14. The van der Waals surface area contributed by atoms with Crippen LogP contribution in [0.4, 0.5) is 4.39 Å². The van der Waals surface area contributed by atoms with Crippen LogP contribution in [0.15, 0.2) is 24.3 Å². The summed E-state index contributed by atoms with van der Waals surface area (Å²) in [7, 11) is 1.73. The van der Waals surface area contributed by atoms with Crippen LogP contribution in [-0.2, 0) is 11.2 Å². The van der Waals surface area contributed by atoms with Crippen LogP contribution in [0, 0.1) is 11.7 Å². The van der Waals surface area contributed by atoms with Crippen molar-refractivity contribution in [3.8, 4) is 0 Å². The van der Waals surface area contributed by atoms with Gasteiger partial charge in [-0.2, -0.15) is 0 Å². The van der Waals surface area contributed by atoms with E-state index in [2.05, 4.69) is 19.2 Å². The highest BCUT2D eigenvalue weighted by Crippen LogP contribution is 2.17. The van der Waals surface area contributed by atoms with E-state index in [9.17, 15) is 4.39 Å². The summed E-state index contributed by atoms with van der Waals surface area (Å²) in [6.45, 7) is 6.13. The minimum Gasteiger partial charge on any atom is -0.382 e. The Morgan fingerprint density at radius 1 is 1.32 bits per heavy atom. The molecule has 108 valence electrons. The number of nitrogens with one attached hydrogen (secondary N) is 1. The molecule has 2 nitrogen and oxygen atoms in total. The topological polar surface area (TPSA) is 21.3 Å². The molecule has 2 unspecified atom stereocenters. The number of benzene rings is 1. The number of rotatable bonds is 9. The first-order valence-corrected chi connectivity index (χ1v) is 7.14. The quantitative estimate of drug-likeness (QED) is 0.692. The second-order valence-electron chi connectivity index (χ2n) is 5.15. The lowest BCUT2D eigenvalue weighted by Crippen LogP contribution is -2.28. The fraction of sp³-hybridized carbons (Fsp3) is 0.625. The van der Waals surface area contributed by atoms with E-state index in [0.717, 1.165) is 37.9 Å². The van der Waals surface area contributed by atoms with Gasteiger partial charge in [0.2, 0.25) is 0 Å². The maximum Gasteiger partial charge on any atom is 0.126 e. The number of ether oxygens (including phenoxy) is 1. The summed E-state index contributed by atoms with van der Waals surface area (Å²) in [5.41, 5.74) is 0.800. The highest BCUT2D eigenvalue weighted by atomic mass is 19.1. The fourth-order valence-corrected chi connectivity index (χ4v) is 2.26. The minimum atomic E-state index is -0.104. The highest BCUT2D eigenvalue weighted by Gasteiger charge is 2.15. The van der Waals surface area contributed by atoms with Crippen molar-refractivity contribution in [2.75, 3.05) is 20.2 Å². The molecule has 1 rings (SSSR count). The summed E-state index contributed by atoms with van der Waals surface area (Å²) in [6, 6.07) is 7.04. The molecular formula is C16H26FNO. The Bertz CT molecular complexity index is 356. The van der Waals surface area contributed by atoms with Crippen molar-refractivity contribution in [3.63, 3.8) is 0 Å². The van der Waals surface area contributed by atoms with Gasteiger partial charge in [-0.05, 0) is 56.8 Å². The van der Waals surface area contributed by atoms with Gasteiger partial charge in [-0.15, -0.1) is 0 Å². The molecule has 1 N–H and O–H groups in total. The highest BCUT2D eigenvalue weighted by molar-refractivity contribution is 5.17. The summed E-state index contributed by atoms with van der Waals surface area (Å²) in [5.74, 6) is 0.298. The molecule has 2 atom stereocenters. The van der Waals surface area contributed by atoms with E-state index >= 15 is 0 Å². The normalized spacial score (nSPS) is 14.3. The van der Waals surface area contributed by atoms with Crippen molar-refractivity contribution in [3.05, 3.63) is 35.6 Å². The Morgan fingerprint density at radius 3 is 2.68 bits per heavy atom. The summed E-state index contributed by atoms with van der Waals surface area (Å²) >= 11 is 0. The van der Waals surface area contributed by atoms with E-state index in [1.165, 1.54) is 6.07 Å². The first-order chi connectivity index (χ1) is 9.17. The summed E-state index contributed by atoms with van der Waals surface area (Å²) < 4.78 is 19.0.